The number of benzene rings is 2. The van der Waals surface area contributed by atoms with Gasteiger partial charge in [0.1, 0.15) is 12.6 Å². The second kappa shape index (κ2) is 8.34. The molecule has 0 aromatic heterocycles. The zero-order valence-electron chi connectivity index (χ0n) is 16.1. The lowest BCUT2D eigenvalue weighted by Gasteiger charge is -2.31. The smallest absolute Gasteiger partial charge is 0.323 e. The zero-order valence-corrected chi connectivity index (χ0v) is 16.1. The SMILES string of the molecule is O=C1CN(C(=O)N[C@@H](Cc2ccccc2)C(=O)N2CCCC2)c2ccccc2N1. The number of urea groups is 1. The number of fused-ring (bicyclic) bond motifs is 1. The Kier molecular flexibility index (Phi) is 5.46. The van der Waals surface area contributed by atoms with Gasteiger partial charge in [0, 0.05) is 19.5 Å². The molecule has 29 heavy (non-hydrogen) atoms. The summed E-state index contributed by atoms with van der Waals surface area (Å²) in [6.07, 6.45) is 2.37. The van der Waals surface area contributed by atoms with Crippen LogP contribution in [0.15, 0.2) is 54.6 Å². The van der Waals surface area contributed by atoms with Crippen LogP contribution in [0.25, 0.3) is 0 Å². The highest BCUT2D eigenvalue weighted by molar-refractivity contribution is 6.10. The van der Waals surface area contributed by atoms with E-state index in [9.17, 15) is 14.4 Å². The molecule has 2 aliphatic rings. The van der Waals surface area contributed by atoms with Crippen molar-refractivity contribution >= 4 is 29.2 Å². The first kappa shape index (κ1) is 19.0. The molecule has 0 aliphatic carbocycles. The molecule has 4 amide bonds. The molecule has 2 aromatic carbocycles. The Morgan fingerprint density at radius 1 is 1.00 bits per heavy atom. The predicted molar refractivity (Wildman–Crippen MR) is 111 cm³/mol. The van der Waals surface area contributed by atoms with E-state index in [1.54, 1.807) is 18.2 Å². The number of hydrogen-bond acceptors (Lipinski definition) is 3. The van der Waals surface area contributed by atoms with Gasteiger partial charge in [0.25, 0.3) is 0 Å². The van der Waals surface area contributed by atoms with Gasteiger partial charge in [-0.15, -0.1) is 0 Å². The molecule has 1 fully saturated rings. The Labute approximate surface area is 169 Å². The van der Waals surface area contributed by atoms with Gasteiger partial charge in [-0.25, -0.2) is 4.79 Å². The minimum absolute atomic E-state index is 0.0746. The van der Waals surface area contributed by atoms with Gasteiger partial charge in [-0.2, -0.15) is 0 Å². The van der Waals surface area contributed by atoms with E-state index in [4.69, 9.17) is 0 Å². The molecule has 2 aliphatic heterocycles. The van der Waals surface area contributed by atoms with E-state index in [2.05, 4.69) is 10.6 Å². The Morgan fingerprint density at radius 2 is 1.69 bits per heavy atom. The molecule has 150 valence electrons. The lowest BCUT2D eigenvalue weighted by molar-refractivity contribution is -0.132. The molecular formula is C22H24N4O3. The van der Waals surface area contributed by atoms with Gasteiger partial charge in [-0.05, 0) is 30.5 Å². The summed E-state index contributed by atoms with van der Waals surface area (Å²) < 4.78 is 0. The number of carbonyl (C=O) groups is 3. The van der Waals surface area contributed by atoms with E-state index in [-0.39, 0.29) is 18.4 Å². The second-order valence-corrected chi connectivity index (χ2v) is 7.38. The number of nitrogens with one attached hydrogen (secondary N) is 2. The largest absolute Gasteiger partial charge is 0.341 e. The van der Waals surface area contributed by atoms with Crippen LogP contribution >= 0.6 is 0 Å². The summed E-state index contributed by atoms with van der Waals surface area (Å²) in [5.74, 6) is -0.334. The summed E-state index contributed by atoms with van der Waals surface area (Å²) in [5.41, 5.74) is 2.18. The van der Waals surface area contributed by atoms with Crippen LogP contribution < -0.4 is 15.5 Å². The molecule has 7 heteroatoms. The fourth-order valence-electron chi connectivity index (χ4n) is 3.85. The van der Waals surface area contributed by atoms with Gasteiger partial charge in [0.2, 0.25) is 11.8 Å². The number of anilines is 2. The maximum atomic E-state index is 13.1. The van der Waals surface area contributed by atoms with Crippen molar-refractivity contribution in [1.82, 2.24) is 10.2 Å². The van der Waals surface area contributed by atoms with Crippen molar-refractivity contribution in [3.05, 3.63) is 60.2 Å². The van der Waals surface area contributed by atoms with Crippen molar-refractivity contribution in [2.45, 2.75) is 25.3 Å². The van der Waals surface area contributed by atoms with Crippen LogP contribution in [0.1, 0.15) is 18.4 Å². The number of likely N-dealkylation sites (tertiary alicyclic amines) is 1. The summed E-state index contributed by atoms with van der Waals surface area (Å²) in [7, 11) is 0. The molecule has 1 saturated heterocycles. The molecule has 2 aromatic rings. The Hall–Kier alpha value is -3.35. The summed E-state index contributed by atoms with van der Waals surface area (Å²) in [6.45, 7) is 1.35. The van der Waals surface area contributed by atoms with Gasteiger partial charge in [0.05, 0.1) is 11.4 Å². The van der Waals surface area contributed by atoms with Gasteiger partial charge in [0.15, 0.2) is 0 Å². The molecule has 2 N–H and O–H groups in total. The number of rotatable bonds is 4. The molecule has 0 unspecified atom stereocenters. The van der Waals surface area contributed by atoms with Crippen LogP contribution in [0.4, 0.5) is 16.2 Å². The van der Waals surface area contributed by atoms with E-state index < -0.39 is 12.1 Å². The van der Waals surface area contributed by atoms with Gasteiger partial charge >= 0.3 is 6.03 Å². The predicted octanol–water partition coefficient (Wildman–Crippen LogP) is 2.39. The molecule has 1 atom stereocenters. The van der Waals surface area contributed by atoms with Crippen molar-refractivity contribution in [1.29, 1.82) is 0 Å². The second-order valence-electron chi connectivity index (χ2n) is 7.38. The highest BCUT2D eigenvalue weighted by Gasteiger charge is 2.32. The van der Waals surface area contributed by atoms with Crippen molar-refractivity contribution in [3.63, 3.8) is 0 Å². The van der Waals surface area contributed by atoms with E-state index in [0.29, 0.717) is 17.8 Å². The van der Waals surface area contributed by atoms with E-state index in [1.807, 2.05) is 41.3 Å². The highest BCUT2D eigenvalue weighted by Crippen LogP contribution is 2.29. The lowest BCUT2D eigenvalue weighted by Crippen LogP contribution is -2.55. The number of carbonyl (C=O) groups excluding carboxylic acids is 3. The molecule has 7 nitrogen and oxygen atoms in total. The van der Waals surface area contributed by atoms with Gasteiger partial charge in [-0.3, -0.25) is 14.5 Å². The maximum absolute atomic E-state index is 13.1. The van der Waals surface area contributed by atoms with Crippen LogP contribution in [-0.4, -0.2) is 48.4 Å². The first-order chi connectivity index (χ1) is 14.1. The van der Waals surface area contributed by atoms with Crippen LogP contribution in [-0.2, 0) is 16.0 Å². The molecule has 0 radical (unpaired) electrons. The van der Waals surface area contributed by atoms with Crippen LogP contribution in [0.2, 0.25) is 0 Å². The summed E-state index contributed by atoms with van der Waals surface area (Å²) >= 11 is 0. The summed E-state index contributed by atoms with van der Waals surface area (Å²) in [6, 6.07) is 15.7. The van der Waals surface area contributed by atoms with E-state index in [1.165, 1.54) is 4.90 Å². The number of para-hydroxylation sites is 2. The Bertz CT molecular complexity index is 909. The summed E-state index contributed by atoms with van der Waals surface area (Å²) in [4.78, 5) is 41.4. The fraction of sp³-hybridized carbons (Fsp3) is 0.318. The molecular weight excluding hydrogens is 368 g/mol. The fourth-order valence-corrected chi connectivity index (χ4v) is 3.85. The topological polar surface area (TPSA) is 81.8 Å². The van der Waals surface area contributed by atoms with Crippen LogP contribution in [0.3, 0.4) is 0 Å². The van der Waals surface area contributed by atoms with Crippen molar-refractivity contribution in [2.75, 3.05) is 29.9 Å². The number of amides is 4. The van der Waals surface area contributed by atoms with Gasteiger partial charge < -0.3 is 15.5 Å². The van der Waals surface area contributed by atoms with Crippen molar-refractivity contribution in [3.8, 4) is 0 Å². The Balaban J connectivity index is 1.56. The minimum Gasteiger partial charge on any atom is -0.341 e. The summed E-state index contributed by atoms with van der Waals surface area (Å²) in [5, 5.41) is 5.66. The zero-order chi connectivity index (χ0) is 20.2. The minimum atomic E-state index is -0.680. The number of hydrogen-bond donors (Lipinski definition) is 2. The molecule has 0 spiro atoms. The quantitative estimate of drug-likeness (QED) is 0.838. The molecule has 4 rings (SSSR count). The van der Waals surface area contributed by atoms with E-state index in [0.717, 1.165) is 31.5 Å². The Morgan fingerprint density at radius 3 is 2.45 bits per heavy atom. The monoisotopic (exact) mass is 392 g/mol. The van der Waals surface area contributed by atoms with Crippen LogP contribution in [0.5, 0.6) is 0 Å². The first-order valence-electron chi connectivity index (χ1n) is 9.91. The highest BCUT2D eigenvalue weighted by atomic mass is 16.2. The van der Waals surface area contributed by atoms with E-state index >= 15 is 0 Å². The first-order valence-corrected chi connectivity index (χ1v) is 9.91. The standard InChI is InChI=1S/C22H24N4O3/c27-20-15-26(19-11-5-4-10-17(19)23-20)22(29)24-18(14-16-8-2-1-3-9-16)21(28)25-12-6-7-13-25/h1-5,8-11,18H,6-7,12-15H2,(H,23,27)(H,24,29)/t18-/m0/s1. The maximum Gasteiger partial charge on any atom is 0.323 e. The average Bonchev–Trinajstić information content (AvgIpc) is 3.27. The van der Waals surface area contributed by atoms with Crippen molar-refractivity contribution in [2.24, 2.45) is 0 Å². The third kappa shape index (κ3) is 4.23. The molecule has 0 saturated carbocycles. The van der Waals surface area contributed by atoms with Crippen molar-refractivity contribution < 1.29 is 14.4 Å². The van der Waals surface area contributed by atoms with Crippen LogP contribution in [0, 0.1) is 0 Å². The molecule has 0 bridgehead atoms. The molecule has 2 heterocycles. The normalized spacial score (nSPS) is 16.8. The number of nitrogens with zero attached hydrogens (tertiary/aromatic N) is 2. The third-order valence-electron chi connectivity index (χ3n) is 5.31. The average molecular weight is 392 g/mol. The third-order valence-corrected chi connectivity index (χ3v) is 5.31. The lowest BCUT2D eigenvalue weighted by atomic mass is 10.0. The van der Waals surface area contributed by atoms with Gasteiger partial charge in [-0.1, -0.05) is 42.5 Å².